The molecule has 148 valence electrons. The molecule has 6 heteroatoms. The predicted molar refractivity (Wildman–Crippen MR) is 111 cm³/mol. The molecule has 0 aliphatic carbocycles. The minimum atomic E-state index is 0.0110. The molecule has 1 heterocycles. The molecule has 0 spiro atoms. The standard InChI is InChI=1S/C22H26ClN3O2/c1-24(2)22(28)19-8-5-6-17(14-19)16-25-10-12-26(13-11-25)21(27)15-18-7-3-4-9-20(18)23/h3-9,14H,10-13,15-16H2,1-2H3. The van der Waals surface area contributed by atoms with Gasteiger partial charge in [0.25, 0.3) is 5.91 Å². The van der Waals surface area contributed by atoms with Gasteiger partial charge in [0.05, 0.1) is 6.42 Å². The smallest absolute Gasteiger partial charge is 0.253 e. The molecule has 5 nitrogen and oxygen atoms in total. The fourth-order valence-corrected chi connectivity index (χ4v) is 3.59. The first-order valence-corrected chi connectivity index (χ1v) is 9.86. The Hall–Kier alpha value is -2.37. The summed E-state index contributed by atoms with van der Waals surface area (Å²) in [5.74, 6) is 0.128. The second-order valence-corrected chi connectivity index (χ2v) is 7.73. The second kappa shape index (κ2) is 9.22. The van der Waals surface area contributed by atoms with Crippen LogP contribution in [0.4, 0.5) is 0 Å². The van der Waals surface area contributed by atoms with E-state index in [0.29, 0.717) is 30.1 Å². The van der Waals surface area contributed by atoms with Gasteiger partial charge >= 0.3 is 0 Å². The maximum atomic E-state index is 12.6. The molecule has 2 aromatic rings. The van der Waals surface area contributed by atoms with Gasteiger partial charge in [0.15, 0.2) is 0 Å². The molecule has 1 saturated heterocycles. The Balaban J connectivity index is 1.53. The van der Waals surface area contributed by atoms with Crippen molar-refractivity contribution in [1.29, 1.82) is 0 Å². The first-order valence-electron chi connectivity index (χ1n) is 9.48. The van der Waals surface area contributed by atoms with Crippen LogP contribution in [0.1, 0.15) is 21.5 Å². The van der Waals surface area contributed by atoms with Gasteiger partial charge in [0.1, 0.15) is 0 Å². The number of rotatable bonds is 5. The van der Waals surface area contributed by atoms with E-state index in [-0.39, 0.29) is 11.8 Å². The summed E-state index contributed by atoms with van der Waals surface area (Å²) in [5.41, 5.74) is 2.69. The van der Waals surface area contributed by atoms with Gasteiger partial charge in [-0.05, 0) is 29.3 Å². The van der Waals surface area contributed by atoms with Crippen LogP contribution in [0.2, 0.25) is 5.02 Å². The largest absolute Gasteiger partial charge is 0.345 e. The lowest BCUT2D eigenvalue weighted by molar-refractivity contribution is -0.132. The number of piperazine rings is 1. The number of carbonyl (C=O) groups excluding carboxylic acids is 2. The summed E-state index contributed by atoms with van der Waals surface area (Å²) in [6, 6.07) is 15.3. The Kier molecular flexibility index (Phi) is 6.70. The van der Waals surface area contributed by atoms with Crippen LogP contribution in [-0.2, 0) is 17.8 Å². The van der Waals surface area contributed by atoms with Crippen molar-refractivity contribution < 1.29 is 9.59 Å². The molecule has 1 fully saturated rings. The number of amides is 2. The van der Waals surface area contributed by atoms with Crippen molar-refractivity contribution >= 4 is 23.4 Å². The Bertz CT molecular complexity index is 845. The van der Waals surface area contributed by atoms with E-state index in [9.17, 15) is 9.59 Å². The fraction of sp³-hybridized carbons (Fsp3) is 0.364. The summed E-state index contributed by atoms with van der Waals surface area (Å²) >= 11 is 6.17. The monoisotopic (exact) mass is 399 g/mol. The molecule has 0 unspecified atom stereocenters. The maximum absolute atomic E-state index is 12.6. The van der Waals surface area contributed by atoms with Gasteiger partial charge in [-0.3, -0.25) is 14.5 Å². The molecule has 28 heavy (non-hydrogen) atoms. The highest BCUT2D eigenvalue weighted by Gasteiger charge is 2.22. The number of carbonyl (C=O) groups is 2. The predicted octanol–water partition coefficient (Wildman–Crippen LogP) is 2.93. The molecule has 1 aliphatic rings. The molecular weight excluding hydrogens is 374 g/mol. The molecule has 0 atom stereocenters. The summed E-state index contributed by atoms with van der Waals surface area (Å²) in [7, 11) is 3.52. The van der Waals surface area contributed by atoms with Crippen LogP contribution in [0, 0.1) is 0 Å². The van der Waals surface area contributed by atoms with Crippen molar-refractivity contribution in [2.45, 2.75) is 13.0 Å². The molecule has 0 saturated carbocycles. The molecule has 2 aromatic carbocycles. The minimum Gasteiger partial charge on any atom is -0.345 e. The van der Waals surface area contributed by atoms with E-state index >= 15 is 0 Å². The summed E-state index contributed by atoms with van der Waals surface area (Å²) in [6.07, 6.45) is 0.342. The molecule has 0 N–H and O–H groups in total. The fourth-order valence-electron chi connectivity index (χ4n) is 3.39. The first-order chi connectivity index (χ1) is 13.4. The van der Waals surface area contributed by atoms with Crippen LogP contribution in [-0.4, -0.2) is 66.8 Å². The van der Waals surface area contributed by atoms with E-state index in [1.54, 1.807) is 19.0 Å². The lowest BCUT2D eigenvalue weighted by atomic mass is 10.1. The van der Waals surface area contributed by atoms with Gasteiger partial charge in [-0.15, -0.1) is 0 Å². The molecule has 0 radical (unpaired) electrons. The van der Waals surface area contributed by atoms with Crippen LogP contribution < -0.4 is 0 Å². The number of hydrogen-bond acceptors (Lipinski definition) is 3. The Morgan fingerprint density at radius 2 is 1.71 bits per heavy atom. The zero-order valence-electron chi connectivity index (χ0n) is 16.4. The van der Waals surface area contributed by atoms with Crippen molar-refractivity contribution in [2.75, 3.05) is 40.3 Å². The van der Waals surface area contributed by atoms with E-state index < -0.39 is 0 Å². The number of nitrogens with zero attached hydrogens (tertiary/aromatic N) is 3. The molecular formula is C22H26ClN3O2. The Morgan fingerprint density at radius 1 is 1.00 bits per heavy atom. The number of hydrogen-bond donors (Lipinski definition) is 0. The van der Waals surface area contributed by atoms with Gasteiger partial charge < -0.3 is 9.80 Å². The third kappa shape index (κ3) is 5.12. The van der Waals surface area contributed by atoms with Gasteiger partial charge in [0, 0.05) is 57.4 Å². The van der Waals surface area contributed by atoms with Crippen LogP contribution in [0.15, 0.2) is 48.5 Å². The average molecular weight is 400 g/mol. The second-order valence-electron chi connectivity index (χ2n) is 7.33. The topological polar surface area (TPSA) is 43.9 Å². The van der Waals surface area contributed by atoms with Crippen LogP contribution in [0.25, 0.3) is 0 Å². The minimum absolute atomic E-state index is 0.0110. The first kappa shape index (κ1) is 20.4. The third-order valence-corrected chi connectivity index (χ3v) is 5.38. The van der Waals surface area contributed by atoms with Crippen LogP contribution >= 0.6 is 11.6 Å². The van der Waals surface area contributed by atoms with Gasteiger partial charge in [-0.1, -0.05) is 41.9 Å². The highest BCUT2D eigenvalue weighted by molar-refractivity contribution is 6.31. The van der Waals surface area contributed by atoms with Crippen molar-refractivity contribution in [3.8, 4) is 0 Å². The number of halogens is 1. The molecule has 2 amide bonds. The summed E-state index contributed by atoms with van der Waals surface area (Å²) < 4.78 is 0. The van der Waals surface area contributed by atoms with Gasteiger partial charge in [0.2, 0.25) is 5.91 Å². The third-order valence-electron chi connectivity index (χ3n) is 5.01. The van der Waals surface area contributed by atoms with E-state index in [2.05, 4.69) is 4.90 Å². The summed E-state index contributed by atoms with van der Waals surface area (Å²) in [6.45, 7) is 3.83. The quantitative estimate of drug-likeness (QED) is 0.776. The zero-order chi connectivity index (χ0) is 20.1. The highest BCUT2D eigenvalue weighted by Crippen LogP contribution is 2.17. The summed E-state index contributed by atoms with van der Waals surface area (Å²) in [5, 5.41) is 0.640. The van der Waals surface area contributed by atoms with Crippen molar-refractivity contribution in [3.63, 3.8) is 0 Å². The zero-order valence-corrected chi connectivity index (χ0v) is 17.2. The van der Waals surface area contributed by atoms with E-state index in [0.717, 1.165) is 30.8 Å². The lowest BCUT2D eigenvalue weighted by Gasteiger charge is -2.35. The number of benzene rings is 2. The van der Waals surface area contributed by atoms with Gasteiger partial charge in [-0.2, -0.15) is 0 Å². The normalized spacial score (nSPS) is 14.8. The average Bonchev–Trinajstić information content (AvgIpc) is 2.70. The van der Waals surface area contributed by atoms with Crippen molar-refractivity contribution in [3.05, 3.63) is 70.2 Å². The Labute approximate surface area is 171 Å². The van der Waals surface area contributed by atoms with Gasteiger partial charge in [-0.25, -0.2) is 0 Å². The summed E-state index contributed by atoms with van der Waals surface area (Å²) in [4.78, 5) is 30.5. The highest BCUT2D eigenvalue weighted by atomic mass is 35.5. The maximum Gasteiger partial charge on any atom is 0.253 e. The van der Waals surface area contributed by atoms with Crippen LogP contribution in [0.5, 0.6) is 0 Å². The van der Waals surface area contributed by atoms with Crippen LogP contribution in [0.3, 0.4) is 0 Å². The van der Waals surface area contributed by atoms with E-state index in [4.69, 9.17) is 11.6 Å². The molecule has 3 rings (SSSR count). The van der Waals surface area contributed by atoms with E-state index in [1.165, 1.54) is 0 Å². The SMILES string of the molecule is CN(C)C(=O)c1cccc(CN2CCN(C(=O)Cc3ccccc3Cl)CC2)c1. The van der Waals surface area contributed by atoms with E-state index in [1.807, 2.05) is 53.4 Å². The molecule has 0 aromatic heterocycles. The molecule has 0 bridgehead atoms. The lowest BCUT2D eigenvalue weighted by Crippen LogP contribution is -2.48. The van der Waals surface area contributed by atoms with Crippen molar-refractivity contribution in [2.24, 2.45) is 0 Å². The molecule has 1 aliphatic heterocycles. The Morgan fingerprint density at radius 3 is 2.39 bits per heavy atom. The van der Waals surface area contributed by atoms with Crippen molar-refractivity contribution in [1.82, 2.24) is 14.7 Å².